The standard InChI is InChI=1S/C14H10O3/c1-3-7-11-9(5-1)13-16-12-8-4-2-6-10(12)14(15-11)17-13/h1-8,13-14H. The van der Waals surface area contributed by atoms with Crippen LogP contribution >= 0.6 is 0 Å². The van der Waals surface area contributed by atoms with Crippen molar-refractivity contribution in [3.8, 4) is 11.5 Å². The van der Waals surface area contributed by atoms with Crippen LogP contribution in [-0.2, 0) is 4.74 Å². The first-order valence-corrected chi connectivity index (χ1v) is 5.58. The van der Waals surface area contributed by atoms with Crippen molar-refractivity contribution in [1.29, 1.82) is 0 Å². The minimum Gasteiger partial charge on any atom is -0.460 e. The third-order valence-corrected chi connectivity index (χ3v) is 3.06. The van der Waals surface area contributed by atoms with Gasteiger partial charge in [-0.2, -0.15) is 0 Å². The summed E-state index contributed by atoms with van der Waals surface area (Å²) >= 11 is 0. The molecule has 0 amide bonds. The van der Waals surface area contributed by atoms with Gasteiger partial charge in [0, 0.05) is 0 Å². The van der Waals surface area contributed by atoms with Gasteiger partial charge in [-0.3, -0.25) is 4.74 Å². The van der Waals surface area contributed by atoms with Crippen molar-refractivity contribution in [2.24, 2.45) is 0 Å². The maximum absolute atomic E-state index is 5.83. The maximum Gasteiger partial charge on any atom is 0.233 e. The summed E-state index contributed by atoms with van der Waals surface area (Å²) in [5.74, 6) is 1.67. The van der Waals surface area contributed by atoms with Crippen molar-refractivity contribution in [2.45, 2.75) is 12.6 Å². The molecule has 2 atom stereocenters. The molecule has 0 fully saturated rings. The van der Waals surface area contributed by atoms with E-state index in [2.05, 4.69) is 0 Å². The minimum atomic E-state index is -0.361. The predicted octanol–water partition coefficient (Wildman–Crippen LogP) is 3.19. The highest BCUT2D eigenvalue weighted by Gasteiger charge is 2.37. The first-order valence-electron chi connectivity index (χ1n) is 5.58. The van der Waals surface area contributed by atoms with Gasteiger partial charge in [0.15, 0.2) is 0 Å². The van der Waals surface area contributed by atoms with Crippen LogP contribution in [0.3, 0.4) is 0 Å². The zero-order chi connectivity index (χ0) is 11.2. The van der Waals surface area contributed by atoms with Crippen molar-refractivity contribution >= 4 is 0 Å². The molecular formula is C14H10O3. The van der Waals surface area contributed by atoms with Gasteiger partial charge in [0.25, 0.3) is 0 Å². The molecule has 3 heteroatoms. The molecule has 2 aliphatic heterocycles. The van der Waals surface area contributed by atoms with Gasteiger partial charge in [0.1, 0.15) is 11.5 Å². The van der Waals surface area contributed by atoms with Crippen LogP contribution in [0.5, 0.6) is 11.5 Å². The fourth-order valence-electron chi connectivity index (χ4n) is 2.24. The molecule has 2 heterocycles. The highest BCUT2D eigenvalue weighted by Crippen LogP contribution is 2.46. The molecule has 0 N–H and O–H groups in total. The molecule has 2 bridgehead atoms. The first kappa shape index (κ1) is 9.07. The minimum absolute atomic E-state index is 0.361. The van der Waals surface area contributed by atoms with E-state index < -0.39 is 0 Å². The van der Waals surface area contributed by atoms with Gasteiger partial charge in [-0.1, -0.05) is 24.3 Å². The molecule has 0 radical (unpaired) electrons. The smallest absolute Gasteiger partial charge is 0.233 e. The lowest BCUT2D eigenvalue weighted by Gasteiger charge is -2.37. The third-order valence-electron chi connectivity index (χ3n) is 3.06. The Morgan fingerprint density at radius 1 is 0.647 bits per heavy atom. The Labute approximate surface area is 98.5 Å². The lowest BCUT2D eigenvalue weighted by molar-refractivity contribution is -0.227. The Balaban J connectivity index is 1.86. The first-order chi connectivity index (χ1) is 8.42. The van der Waals surface area contributed by atoms with E-state index >= 15 is 0 Å². The highest BCUT2D eigenvalue weighted by atomic mass is 16.8. The normalized spacial score (nSPS) is 24.0. The van der Waals surface area contributed by atoms with Gasteiger partial charge >= 0.3 is 0 Å². The van der Waals surface area contributed by atoms with Gasteiger partial charge in [0.05, 0.1) is 11.1 Å². The number of benzene rings is 2. The molecule has 84 valence electrons. The molecule has 3 nitrogen and oxygen atoms in total. The monoisotopic (exact) mass is 226 g/mol. The SMILES string of the molecule is c1ccc2c(c1)OC1OC2Oc2ccccc21. The average Bonchev–Trinajstić information content (AvgIpc) is 2.39. The van der Waals surface area contributed by atoms with E-state index in [1.54, 1.807) is 0 Å². The second-order valence-corrected chi connectivity index (χ2v) is 4.11. The van der Waals surface area contributed by atoms with Gasteiger partial charge in [-0.15, -0.1) is 0 Å². The number of hydrogen-bond donors (Lipinski definition) is 0. The predicted molar refractivity (Wildman–Crippen MR) is 60.7 cm³/mol. The van der Waals surface area contributed by atoms with E-state index in [1.807, 2.05) is 48.5 Å². The molecule has 0 saturated heterocycles. The molecule has 0 aliphatic carbocycles. The topological polar surface area (TPSA) is 27.7 Å². The molecule has 0 saturated carbocycles. The summed E-state index contributed by atoms with van der Waals surface area (Å²) in [5, 5.41) is 0. The zero-order valence-electron chi connectivity index (χ0n) is 9.00. The number of fused-ring (bicyclic) bond motifs is 6. The molecule has 4 rings (SSSR count). The van der Waals surface area contributed by atoms with Crippen LogP contribution in [0.1, 0.15) is 23.7 Å². The Hall–Kier alpha value is -2.00. The van der Waals surface area contributed by atoms with Crippen LogP contribution in [0.4, 0.5) is 0 Å². The number of para-hydroxylation sites is 2. The van der Waals surface area contributed by atoms with Crippen molar-refractivity contribution in [3.05, 3.63) is 59.7 Å². The van der Waals surface area contributed by atoms with Crippen molar-refractivity contribution in [2.75, 3.05) is 0 Å². The van der Waals surface area contributed by atoms with Gasteiger partial charge in [-0.05, 0) is 24.3 Å². The second-order valence-electron chi connectivity index (χ2n) is 4.11. The third kappa shape index (κ3) is 1.26. The summed E-state index contributed by atoms with van der Waals surface area (Å²) in [6.45, 7) is 0. The largest absolute Gasteiger partial charge is 0.460 e. The Morgan fingerprint density at radius 2 is 1.12 bits per heavy atom. The highest BCUT2D eigenvalue weighted by molar-refractivity contribution is 5.42. The average molecular weight is 226 g/mol. The Kier molecular flexibility index (Phi) is 1.73. The fraction of sp³-hybridized carbons (Fsp3) is 0.143. The van der Waals surface area contributed by atoms with Crippen LogP contribution in [0, 0.1) is 0 Å². The maximum atomic E-state index is 5.83. The Morgan fingerprint density at radius 3 is 1.65 bits per heavy atom. The Bertz CT molecular complexity index is 528. The summed E-state index contributed by atoms with van der Waals surface area (Å²) in [6.07, 6.45) is -0.723. The van der Waals surface area contributed by atoms with Gasteiger partial charge in [-0.25, -0.2) is 0 Å². The van der Waals surface area contributed by atoms with Gasteiger partial charge in [0.2, 0.25) is 12.6 Å². The number of hydrogen-bond acceptors (Lipinski definition) is 3. The van der Waals surface area contributed by atoms with E-state index in [0.717, 1.165) is 22.6 Å². The van der Waals surface area contributed by atoms with Crippen LogP contribution in [0.25, 0.3) is 0 Å². The van der Waals surface area contributed by atoms with Crippen molar-refractivity contribution < 1.29 is 14.2 Å². The van der Waals surface area contributed by atoms with Crippen LogP contribution in [0.2, 0.25) is 0 Å². The number of ether oxygens (including phenoxy) is 3. The summed E-state index contributed by atoms with van der Waals surface area (Å²) in [4.78, 5) is 0. The summed E-state index contributed by atoms with van der Waals surface area (Å²) in [6, 6.07) is 15.6. The van der Waals surface area contributed by atoms with Crippen LogP contribution in [0.15, 0.2) is 48.5 Å². The molecule has 0 aromatic heterocycles. The van der Waals surface area contributed by atoms with Gasteiger partial charge < -0.3 is 9.47 Å². The van der Waals surface area contributed by atoms with Crippen molar-refractivity contribution in [3.63, 3.8) is 0 Å². The van der Waals surface area contributed by atoms with E-state index in [-0.39, 0.29) is 12.6 Å². The van der Waals surface area contributed by atoms with E-state index in [1.165, 1.54) is 0 Å². The molecule has 2 aromatic rings. The van der Waals surface area contributed by atoms with Crippen LogP contribution < -0.4 is 9.47 Å². The summed E-state index contributed by atoms with van der Waals surface area (Å²) in [7, 11) is 0. The van der Waals surface area contributed by atoms with E-state index in [0.29, 0.717) is 0 Å². The molecule has 2 aliphatic rings. The van der Waals surface area contributed by atoms with Crippen LogP contribution in [-0.4, -0.2) is 0 Å². The second kappa shape index (κ2) is 3.25. The van der Waals surface area contributed by atoms with E-state index in [9.17, 15) is 0 Å². The van der Waals surface area contributed by atoms with Crippen molar-refractivity contribution in [1.82, 2.24) is 0 Å². The quantitative estimate of drug-likeness (QED) is 0.690. The fourth-order valence-corrected chi connectivity index (χ4v) is 2.24. The molecule has 2 unspecified atom stereocenters. The molecule has 0 spiro atoms. The lowest BCUT2D eigenvalue weighted by atomic mass is 10.1. The molecular weight excluding hydrogens is 216 g/mol. The van der Waals surface area contributed by atoms with E-state index in [4.69, 9.17) is 14.2 Å². The summed E-state index contributed by atoms with van der Waals surface area (Å²) in [5.41, 5.74) is 1.89. The molecule has 17 heavy (non-hydrogen) atoms. The summed E-state index contributed by atoms with van der Waals surface area (Å²) < 4.78 is 17.4. The zero-order valence-corrected chi connectivity index (χ0v) is 9.00. The molecule has 2 aromatic carbocycles. The number of rotatable bonds is 0. The lowest BCUT2D eigenvalue weighted by Crippen LogP contribution is -2.29.